The highest BCUT2D eigenvalue weighted by Crippen LogP contribution is 1.93. The third-order valence-electron chi connectivity index (χ3n) is 1.06. The first-order chi connectivity index (χ1) is 5.72. The molecule has 0 spiro atoms. The van der Waals surface area contributed by atoms with E-state index in [-0.39, 0.29) is 0 Å². The molecule has 4 N–H and O–H groups in total. The van der Waals surface area contributed by atoms with Crippen molar-refractivity contribution in [3.8, 4) is 0 Å². The minimum atomic E-state index is -3.65. The van der Waals surface area contributed by atoms with Crippen molar-refractivity contribution in [1.82, 2.24) is 4.72 Å². The predicted octanol–water partition coefficient (Wildman–Crippen LogP) is -2.14. The van der Waals surface area contributed by atoms with Gasteiger partial charge in [0, 0.05) is 0 Å². The Kier molecular flexibility index (Phi) is 3.82. The van der Waals surface area contributed by atoms with Crippen molar-refractivity contribution in [2.45, 2.75) is 12.5 Å². The topological polar surface area (TPSA) is 127 Å². The van der Waals surface area contributed by atoms with Crippen LogP contribution in [0.15, 0.2) is 0 Å². The predicted molar refractivity (Wildman–Crippen MR) is 43.2 cm³/mol. The lowest BCUT2D eigenvalue weighted by Gasteiger charge is -2.09. The van der Waals surface area contributed by atoms with Gasteiger partial charge in [0.25, 0.3) is 0 Å². The van der Waals surface area contributed by atoms with Gasteiger partial charge in [0.1, 0.15) is 6.04 Å². The molecule has 0 unspecified atom stereocenters. The number of nitrogens with one attached hydrogen (secondary N) is 1. The zero-order chi connectivity index (χ0) is 10.6. The van der Waals surface area contributed by atoms with Gasteiger partial charge in [-0.2, -0.15) is 0 Å². The normalized spacial score (nSPS) is 13.6. The van der Waals surface area contributed by atoms with E-state index in [2.05, 4.69) is 0 Å². The Morgan fingerprint density at radius 2 is 2.00 bits per heavy atom. The van der Waals surface area contributed by atoms with E-state index in [0.29, 0.717) is 0 Å². The molecule has 0 aromatic rings. The second kappa shape index (κ2) is 4.19. The van der Waals surface area contributed by atoms with Gasteiger partial charge in [-0.25, -0.2) is 13.1 Å². The molecule has 0 heterocycles. The first-order valence-corrected chi connectivity index (χ1v) is 5.10. The minimum Gasteiger partial charge on any atom is -0.480 e. The van der Waals surface area contributed by atoms with E-state index in [4.69, 9.17) is 10.8 Å². The Bertz CT molecular complexity index is 309. The number of carboxylic acids is 1. The van der Waals surface area contributed by atoms with Crippen LogP contribution in [0.3, 0.4) is 0 Å². The monoisotopic (exact) mass is 210 g/mol. The maximum absolute atomic E-state index is 10.6. The fourth-order valence-corrected chi connectivity index (χ4v) is 1.34. The molecule has 0 saturated carbocycles. The Morgan fingerprint density at radius 3 is 2.23 bits per heavy atom. The van der Waals surface area contributed by atoms with E-state index in [9.17, 15) is 18.0 Å². The van der Waals surface area contributed by atoms with Crippen LogP contribution in [-0.2, 0) is 19.6 Å². The molecular weight excluding hydrogens is 200 g/mol. The quantitative estimate of drug-likeness (QED) is 0.477. The molecule has 0 radical (unpaired) electrons. The van der Waals surface area contributed by atoms with E-state index in [1.54, 1.807) is 4.72 Å². The Labute approximate surface area is 75.0 Å². The molecule has 76 valence electrons. The van der Waals surface area contributed by atoms with E-state index in [1.807, 2.05) is 0 Å². The van der Waals surface area contributed by atoms with Crippen LogP contribution in [0.1, 0.15) is 6.42 Å². The van der Waals surface area contributed by atoms with Crippen LogP contribution >= 0.6 is 0 Å². The summed E-state index contributed by atoms with van der Waals surface area (Å²) >= 11 is 0. The summed E-state index contributed by atoms with van der Waals surface area (Å²) in [7, 11) is -3.65. The minimum absolute atomic E-state index is 0.567. The van der Waals surface area contributed by atoms with Gasteiger partial charge in [-0.3, -0.25) is 9.59 Å². The van der Waals surface area contributed by atoms with Gasteiger partial charge in [0.2, 0.25) is 15.9 Å². The van der Waals surface area contributed by atoms with Crippen LogP contribution < -0.4 is 10.5 Å². The van der Waals surface area contributed by atoms with E-state index in [1.165, 1.54) is 0 Å². The fourth-order valence-electron chi connectivity index (χ4n) is 0.639. The Hall–Kier alpha value is -1.15. The van der Waals surface area contributed by atoms with Gasteiger partial charge < -0.3 is 10.8 Å². The summed E-state index contributed by atoms with van der Waals surface area (Å²) in [4.78, 5) is 20.7. The van der Waals surface area contributed by atoms with E-state index >= 15 is 0 Å². The summed E-state index contributed by atoms with van der Waals surface area (Å²) in [5, 5.41) is 8.45. The number of aliphatic carboxylic acids is 1. The third-order valence-corrected chi connectivity index (χ3v) is 1.77. The number of amides is 1. The third kappa shape index (κ3) is 6.05. The molecule has 0 saturated heterocycles. The SMILES string of the molecule is CS(=O)(=O)N[C@@H](CC(N)=O)C(=O)O. The largest absolute Gasteiger partial charge is 0.480 e. The smallest absolute Gasteiger partial charge is 0.322 e. The molecule has 0 rings (SSSR count). The molecule has 1 atom stereocenters. The average molecular weight is 210 g/mol. The van der Waals surface area contributed by atoms with Crippen LogP contribution in [-0.4, -0.2) is 37.7 Å². The van der Waals surface area contributed by atoms with Gasteiger partial charge in [0.15, 0.2) is 0 Å². The number of carboxylic acid groups (broad SMARTS) is 1. The van der Waals surface area contributed by atoms with E-state index in [0.717, 1.165) is 6.26 Å². The second-order valence-electron chi connectivity index (χ2n) is 2.45. The van der Waals surface area contributed by atoms with Crippen LogP contribution in [0.4, 0.5) is 0 Å². The molecular formula is C5H10N2O5S. The molecule has 0 aliphatic carbocycles. The highest BCUT2D eigenvalue weighted by Gasteiger charge is 2.22. The number of hydrogen-bond donors (Lipinski definition) is 3. The molecule has 13 heavy (non-hydrogen) atoms. The summed E-state index contributed by atoms with van der Waals surface area (Å²) in [6, 6.07) is -1.49. The molecule has 0 aromatic carbocycles. The Morgan fingerprint density at radius 1 is 1.54 bits per heavy atom. The van der Waals surface area contributed by atoms with Crippen LogP contribution in [0.5, 0.6) is 0 Å². The number of hydrogen-bond acceptors (Lipinski definition) is 4. The van der Waals surface area contributed by atoms with Crippen molar-refractivity contribution in [3.63, 3.8) is 0 Å². The van der Waals surface area contributed by atoms with Gasteiger partial charge in [-0.05, 0) is 0 Å². The average Bonchev–Trinajstić information content (AvgIpc) is 1.81. The number of sulfonamides is 1. The molecule has 8 heteroatoms. The summed E-state index contributed by atoms with van der Waals surface area (Å²) in [6.45, 7) is 0. The van der Waals surface area contributed by atoms with Crippen LogP contribution in [0, 0.1) is 0 Å². The standard InChI is InChI=1S/C5H10N2O5S/c1-13(11,12)7-3(5(9)10)2-4(6)8/h3,7H,2H2,1H3,(H2,6,8)(H,9,10)/t3-/m0/s1. The maximum atomic E-state index is 10.6. The molecule has 0 fully saturated rings. The summed E-state index contributed by atoms with van der Waals surface area (Å²) in [6.07, 6.45) is 0.229. The summed E-state index contributed by atoms with van der Waals surface area (Å²) in [5.41, 5.74) is 4.71. The number of carbonyl (C=O) groups excluding carboxylic acids is 1. The van der Waals surface area contributed by atoms with Crippen LogP contribution in [0.2, 0.25) is 0 Å². The molecule has 1 amide bonds. The zero-order valence-electron chi connectivity index (χ0n) is 6.85. The lowest BCUT2D eigenvalue weighted by Crippen LogP contribution is -2.42. The van der Waals surface area contributed by atoms with Crippen molar-refractivity contribution < 1.29 is 23.1 Å². The zero-order valence-corrected chi connectivity index (χ0v) is 7.67. The summed E-state index contributed by atoms with van der Waals surface area (Å²) in [5.74, 6) is -2.33. The second-order valence-corrected chi connectivity index (χ2v) is 4.23. The number of carbonyl (C=O) groups is 2. The maximum Gasteiger partial charge on any atom is 0.322 e. The molecule has 0 aliphatic heterocycles. The molecule has 7 nitrogen and oxygen atoms in total. The summed E-state index contributed by atoms with van der Waals surface area (Å²) < 4.78 is 23.0. The van der Waals surface area contributed by atoms with E-state index < -0.39 is 34.4 Å². The number of rotatable bonds is 5. The highest BCUT2D eigenvalue weighted by atomic mass is 32.2. The van der Waals surface area contributed by atoms with Gasteiger partial charge in [-0.1, -0.05) is 0 Å². The lowest BCUT2D eigenvalue weighted by molar-refractivity contribution is -0.140. The van der Waals surface area contributed by atoms with Gasteiger partial charge in [0.05, 0.1) is 12.7 Å². The van der Waals surface area contributed by atoms with Crippen molar-refractivity contribution in [3.05, 3.63) is 0 Å². The van der Waals surface area contributed by atoms with Crippen LogP contribution in [0.25, 0.3) is 0 Å². The highest BCUT2D eigenvalue weighted by molar-refractivity contribution is 7.88. The van der Waals surface area contributed by atoms with Crippen molar-refractivity contribution in [1.29, 1.82) is 0 Å². The lowest BCUT2D eigenvalue weighted by atomic mass is 10.2. The first kappa shape index (κ1) is 11.8. The van der Waals surface area contributed by atoms with Crippen molar-refractivity contribution in [2.24, 2.45) is 5.73 Å². The Balaban J connectivity index is 4.45. The van der Waals surface area contributed by atoms with Crippen molar-refractivity contribution in [2.75, 3.05) is 6.26 Å². The molecule has 0 aromatic heterocycles. The number of primary amides is 1. The molecule has 0 aliphatic rings. The molecule has 0 bridgehead atoms. The van der Waals surface area contributed by atoms with Crippen molar-refractivity contribution >= 4 is 21.9 Å². The van der Waals surface area contributed by atoms with Gasteiger partial charge >= 0.3 is 5.97 Å². The fraction of sp³-hybridized carbons (Fsp3) is 0.600. The first-order valence-electron chi connectivity index (χ1n) is 3.21. The number of nitrogens with two attached hydrogens (primary N) is 1. The van der Waals surface area contributed by atoms with Gasteiger partial charge in [-0.15, -0.1) is 0 Å².